The molecule has 1 aromatic carbocycles. The molecule has 4 aliphatic rings. The van der Waals surface area contributed by atoms with Gasteiger partial charge in [-0.3, -0.25) is 24.0 Å². The fraction of sp³-hybridized carbons (Fsp3) is 0.560. The molecular weight excluding hydrogens is 504 g/mol. The van der Waals surface area contributed by atoms with Crippen LogP contribution in [0.2, 0.25) is 0 Å². The number of benzene rings is 1. The number of esters is 1. The highest BCUT2D eigenvalue weighted by Gasteiger charge is 2.73. The summed E-state index contributed by atoms with van der Waals surface area (Å²) in [4.78, 5) is 63.9. The van der Waals surface area contributed by atoms with E-state index in [0.29, 0.717) is 25.0 Å². The summed E-state index contributed by atoms with van der Waals surface area (Å²) in [5.74, 6) is -0.364. The summed E-state index contributed by atoms with van der Waals surface area (Å²) in [7, 11) is 2.03. The van der Waals surface area contributed by atoms with Gasteiger partial charge >= 0.3 is 5.97 Å². The highest BCUT2D eigenvalue weighted by atomic mass is 32.2. The van der Waals surface area contributed by atoms with Crippen LogP contribution in [0.25, 0.3) is 0 Å². The Kier molecular flexibility index (Phi) is 6.45. The maximum atomic E-state index is 13.3. The van der Waals surface area contributed by atoms with E-state index >= 15 is 0 Å². The van der Waals surface area contributed by atoms with Crippen molar-refractivity contribution in [2.75, 3.05) is 25.1 Å². The number of nitrogens with zero attached hydrogens (tertiary/aromatic N) is 1. The molecule has 0 radical (unpaired) electrons. The van der Waals surface area contributed by atoms with E-state index in [9.17, 15) is 24.0 Å². The third-order valence-electron chi connectivity index (χ3n) is 7.95. The molecule has 0 aromatic heterocycles. The molecule has 2 fully saturated rings. The molecule has 1 saturated carbocycles. The lowest BCUT2D eigenvalue weighted by atomic mass is 9.47. The lowest BCUT2D eigenvalue weighted by Gasteiger charge is -2.64. The van der Waals surface area contributed by atoms with Gasteiger partial charge in [0.25, 0.3) is 0 Å². The standard InChI is InChI=1S/C25H28N2O7S2/c1-13(28)35-11-19(31)26-25-7-6-16(30)23-24(25)8-9-27(3)18(25)10-15-4-5-17(22(34-23)21(15)24)33-20(32)12-36-14(2)29/h4-5,18,23H,6-12H2,1-3H3,(H,26,31)/t18?,23-,24-,25+/m0/s1. The second-order valence-corrected chi connectivity index (χ2v) is 12.2. The fourth-order valence-corrected chi connectivity index (χ4v) is 7.46. The molecule has 9 nitrogen and oxygen atoms in total. The van der Waals surface area contributed by atoms with Crippen LogP contribution in [0, 0.1) is 0 Å². The van der Waals surface area contributed by atoms with E-state index < -0.39 is 23.0 Å². The van der Waals surface area contributed by atoms with Gasteiger partial charge in [-0.05, 0) is 44.5 Å². The molecule has 2 heterocycles. The van der Waals surface area contributed by atoms with E-state index in [-0.39, 0.29) is 51.6 Å². The molecule has 1 aromatic rings. The number of nitrogens with one attached hydrogen (secondary N) is 1. The third-order valence-corrected chi connectivity index (χ3v) is 9.55. The molecule has 2 aliphatic carbocycles. The van der Waals surface area contributed by atoms with Crippen LogP contribution in [-0.2, 0) is 35.8 Å². The first-order chi connectivity index (χ1) is 17.1. The Hall–Kier alpha value is -2.37. The van der Waals surface area contributed by atoms with Gasteiger partial charge < -0.3 is 19.7 Å². The van der Waals surface area contributed by atoms with Crippen molar-refractivity contribution in [2.24, 2.45) is 0 Å². The molecule has 4 atom stereocenters. The van der Waals surface area contributed by atoms with Crippen molar-refractivity contribution in [3.05, 3.63) is 23.3 Å². The number of hydrogen-bond acceptors (Lipinski definition) is 10. The van der Waals surface area contributed by atoms with Crippen LogP contribution in [0.4, 0.5) is 0 Å². The lowest BCUT2D eigenvalue weighted by molar-refractivity contribution is -0.148. The first-order valence-electron chi connectivity index (χ1n) is 11.9. The van der Waals surface area contributed by atoms with Gasteiger partial charge in [0.2, 0.25) is 5.91 Å². The molecule has 1 saturated heterocycles. The number of Topliss-reactive ketones (excluding diaryl/α,β-unsaturated/α-hetero) is 1. The summed E-state index contributed by atoms with van der Waals surface area (Å²) < 4.78 is 12.0. The lowest BCUT2D eigenvalue weighted by Crippen LogP contribution is -2.81. The minimum atomic E-state index is -0.802. The Bertz CT molecular complexity index is 1190. The fourth-order valence-electron chi connectivity index (χ4n) is 6.67. The zero-order chi connectivity index (χ0) is 25.8. The number of rotatable bonds is 6. The van der Waals surface area contributed by atoms with Crippen LogP contribution in [-0.4, -0.2) is 75.6 Å². The van der Waals surface area contributed by atoms with E-state index in [0.717, 1.165) is 41.2 Å². The minimum absolute atomic E-state index is 0.00818. The Morgan fingerprint density at radius 2 is 1.86 bits per heavy atom. The number of carbonyl (C=O) groups excluding carboxylic acids is 5. The van der Waals surface area contributed by atoms with Crippen LogP contribution in [0.3, 0.4) is 0 Å². The molecule has 1 spiro atoms. The SMILES string of the molecule is CC(=O)SCC(=O)N[C@@]12CCC(=O)[C@@H]3Oc4c(OC(=O)CSC(C)=O)ccc5c4[C@@]31CCN(C)C2C5. The van der Waals surface area contributed by atoms with Crippen molar-refractivity contribution in [1.29, 1.82) is 0 Å². The highest BCUT2D eigenvalue weighted by molar-refractivity contribution is 8.14. The van der Waals surface area contributed by atoms with Gasteiger partial charge in [-0.15, -0.1) is 0 Å². The van der Waals surface area contributed by atoms with Crippen molar-refractivity contribution in [2.45, 2.75) is 62.6 Å². The van der Waals surface area contributed by atoms with Gasteiger partial charge in [0.15, 0.2) is 33.6 Å². The number of amides is 1. The molecule has 2 bridgehead atoms. The summed E-state index contributed by atoms with van der Waals surface area (Å²) >= 11 is 1.83. The van der Waals surface area contributed by atoms with Gasteiger partial charge in [0, 0.05) is 31.9 Å². The Morgan fingerprint density at radius 1 is 1.14 bits per heavy atom. The smallest absolute Gasteiger partial charge is 0.321 e. The summed E-state index contributed by atoms with van der Waals surface area (Å²) in [6.07, 6.45) is 1.15. The Labute approximate surface area is 217 Å². The average molecular weight is 533 g/mol. The number of likely N-dealkylation sites (tertiary alicyclic amines) is 1. The zero-order valence-electron chi connectivity index (χ0n) is 20.4. The first kappa shape index (κ1) is 25.3. The van der Waals surface area contributed by atoms with E-state index in [2.05, 4.69) is 10.2 Å². The van der Waals surface area contributed by atoms with E-state index in [1.807, 2.05) is 13.1 Å². The molecule has 5 rings (SSSR count). The van der Waals surface area contributed by atoms with Crippen molar-refractivity contribution in [3.63, 3.8) is 0 Å². The van der Waals surface area contributed by atoms with E-state index in [1.54, 1.807) is 6.07 Å². The molecule has 192 valence electrons. The van der Waals surface area contributed by atoms with Gasteiger partial charge in [0.05, 0.1) is 22.5 Å². The molecule has 1 unspecified atom stereocenters. The summed E-state index contributed by atoms with van der Waals surface area (Å²) in [6, 6.07) is 3.54. The number of likely N-dealkylation sites (N-methyl/N-ethyl adjacent to an activating group) is 1. The Balaban J connectivity index is 1.59. The number of hydrogen-bond donors (Lipinski definition) is 1. The predicted molar refractivity (Wildman–Crippen MR) is 134 cm³/mol. The zero-order valence-corrected chi connectivity index (χ0v) is 22.0. The molecule has 1 N–H and O–H groups in total. The Morgan fingerprint density at radius 3 is 2.58 bits per heavy atom. The van der Waals surface area contributed by atoms with Crippen LogP contribution in [0.1, 0.15) is 44.2 Å². The molecule has 11 heteroatoms. The van der Waals surface area contributed by atoms with Crippen molar-refractivity contribution in [3.8, 4) is 11.5 Å². The number of ketones is 1. The summed E-state index contributed by atoms with van der Waals surface area (Å²) in [6.45, 7) is 3.53. The van der Waals surface area contributed by atoms with Crippen LogP contribution >= 0.6 is 23.5 Å². The van der Waals surface area contributed by atoms with Crippen LogP contribution in [0.15, 0.2) is 12.1 Å². The van der Waals surface area contributed by atoms with E-state index in [4.69, 9.17) is 9.47 Å². The number of carbonyl (C=O) groups is 5. The van der Waals surface area contributed by atoms with Gasteiger partial charge in [0.1, 0.15) is 0 Å². The minimum Gasteiger partial charge on any atom is -0.477 e. The third kappa shape index (κ3) is 3.78. The van der Waals surface area contributed by atoms with Gasteiger partial charge in [-0.2, -0.15) is 0 Å². The van der Waals surface area contributed by atoms with Crippen LogP contribution in [0.5, 0.6) is 11.5 Å². The van der Waals surface area contributed by atoms with Gasteiger partial charge in [-0.25, -0.2) is 0 Å². The van der Waals surface area contributed by atoms with Crippen molar-refractivity contribution < 1.29 is 33.4 Å². The topological polar surface area (TPSA) is 119 Å². The first-order valence-corrected chi connectivity index (χ1v) is 13.9. The van der Waals surface area contributed by atoms with Crippen LogP contribution < -0.4 is 14.8 Å². The number of ether oxygens (including phenoxy) is 2. The maximum absolute atomic E-state index is 13.3. The van der Waals surface area contributed by atoms with E-state index in [1.165, 1.54) is 13.8 Å². The largest absolute Gasteiger partial charge is 0.477 e. The number of thioether (sulfide) groups is 2. The quantitative estimate of drug-likeness (QED) is 0.428. The normalized spacial score (nSPS) is 29.7. The molecular formula is C25H28N2O7S2. The molecule has 36 heavy (non-hydrogen) atoms. The second kappa shape index (κ2) is 9.18. The average Bonchev–Trinajstić information content (AvgIpc) is 3.18. The molecule has 2 aliphatic heterocycles. The van der Waals surface area contributed by atoms with Gasteiger partial charge in [-0.1, -0.05) is 29.6 Å². The summed E-state index contributed by atoms with van der Waals surface area (Å²) in [5.41, 5.74) is 0.294. The highest BCUT2D eigenvalue weighted by Crippen LogP contribution is 2.64. The van der Waals surface area contributed by atoms with Crippen molar-refractivity contribution in [1.82, 2.24) is 10.2 Å². The monoisotopic (exact) mass is 532 g/mol. The van der Waals surface area contributed by atoms with Crippen molar-refractivity contribution >= 4 is 51.4 Å². The predicted octanol–water partition coefficient (Wildman–Crippen LogP) is 1.63. The second-order valence-electron chi connectivity index (χ2n) is 9.87. The summed E-state index contributed by atoms with van der Waals surface area (Å²) in [5, 5.41) is 2.98. The maximum Gasteiger partial charge on any atom is 0.321 e. The molecule has 1 amide bonds. The number of piperidine rings is 1.